The fraction of sp³-hybridized carbons (Fsp3) is 0. The summed E-state index contributed by atoms with van der Waals surface area (Å²) >= 11 is 8.76. The van der Waals surface area contributed by atoms with Gasteiger partial charge >= 0.3 is 0 Å². The van der Waals surface area contributed by atoms with Crippen molar-refractivity contribution < 1.29 is 4.79 Å². The highest BCUT2D eigenvalue weighted by atomic mass is 35.5. The van der Waals surface area contributed by atoms with E-state index in [1.54, 1.807) is 35.7 Å². The second-order valence-corrected chi connectivity index (χ2v) is 8.06. The monoisotopic (exact) mass is 414 g/mol. The molecule has 134 valence electrons. The van der Waals surface area contributed by atoms with Gasteiger partial charge in [-0.25, -0.2) is 10.1 Å². The molecule has 0 saturated carbocycles. The lowest BCUT2D eigenvalue weighted by atomic mass is 10.1. The highest BCUT2D eigenvalue weighted by Gasteiger charge is 2.14. The zero-order valence-corrected chi connectivity index (χ0v) is 16.0. The van der Waals surface area contributed by atoms with Crippen molar-refractivity contribution in [2.75, 3.05) is 5.32 Å². The minimum absolute atomic E-state index is 0.269. The Labute approximate surface area is 166 Å². The third-order valence-corrected chi connectivity index (χ3v) is 5.86. The van der Waals surface area contributed by atoms with Gasteiger partial charge in [0.25, 0.3) is 11.5 Å². The van der Waals surface area contributed by atoms with Crippen LogP contribution in [0.25, 0.3) is 21.1 Å². The van der Waals surface area contributed by atoms with Crippen molar-refractivity contribution in [3.05, 3.63) is 74.3 Å². The molecular formula is C18H11ClN4O2S2. The quantitative estimate of drug-likeness (QED) is 0.513. The van der Waals surface area contributed by atoms with E-state index in [0.717, 1.165) is 15.4 Å². The second-order valence-electron chi connectivity index (χ2n) is 5.48. The first kappa shape index (κ1) is 17.6. The van der Waals surface area contributed by atoms with Crippen LogP contribution in [0.3, 0.4) is 0 Å². The fourth-order valence-electron chi connectivity index (χ4n) is 2.38. The minimum atomic E-state index is -0.299. The molecule has 0 unspecified atom stereocenters. The predicted molar refractivity (Wildman–Crippen MR) is 109 cm³/mol. The molecule has 0 spiro atoms. The first-order chi connectivity index (χ1) is 13.1. The number of carbonyl (C=O) groups excluding carboxylic acids is 1. The first-order valence-corrected chi connectivity index (χ1v) is 9.85. The Kier molecular flexibility index (Phi) is 4.85. The molecular weight excluding hydrogens is 404 g/mol. The molecule has 0 aliphatic carbocycles. The molecule has 6 nitrogen and oxygen atoms in total. The van der Waals surface area contributed by atoms with Gasteiger partial charge in [0.2, 0.25) is 0 Å². The van der Waals surface area contributed by atoms with E-state index >= 15 is 0 Å². The number of rotatable bonds is 4. The lowest BCUT2D eigenvalue weighted by Crippen LogP contribution is -2.12. The number of thiophene rings is 1. The molecule has 2 N–H and O–H groups in total. The average molecular weight is 415 g/mol. The Hall–Kier alpha value is -2.81. The summed E-state index contributed by atoms with van der Waals surface area (Å²) in [7, 11) is 0. The van der Waals surface area contributed by atoms with Gasteiger partial charge in [-0.1, -0.05) is 23.7 Å². The van der Waals surface area contributed by atoms with Crippen LogP contribution in [0.5, 0.6) is 0 Å². The molecule has 9 heteroatoms. The molecule has 1 aromatic carbocycles. The zero-order valence-electron chi connectivity index (χ0n) is 13.6. The van der Waals surface area contributed by atoms with Crippen LogP contribution in [0.1, 0.15) is 10.5 Å². The largest absolute Gasteiger partial charge is 0.321 e. The van der Waals surface area contributed by atoms with Crippen molar-refractivity contribution in [2.45, 2.75) is 0 Å². The number of nitrogens with one attached hydrogen (secondary N) is 2. The first-order valence-electron chi connectivity index (χ1n) is 7.77. The average Bonchev–Trinajstić information content (AvgIpc) is 3.31. The molecule has 0 radical (unpaired) electrons. The maximum Gasteiger partial charge on any atom is 0.275 e. The topological polar surface area (TPSA) is 87.7 Å². The van der Waals surface area contributed by atoms with E-state index < -0.39 is 0 Å². The van der Waals surface area contributed by atoms with Gasteiger partial charge in [-0.15, -0.1) is 22.7 Å². The predicted octanol–water partition coefficient (Wildman–Crippen LogP) is 4.53. The van der Waals surface area contributed by atoms with Crippen molar-refractivity contribution >= 4 is 45.9 Å². The van der Waals surface area contributed by atoms with Gasteiger partial charge in [-0.05, 0) is 30.3 Å². The molecule has 1 amide bonds. The summed E-state index contributed by atoms with van der Waals surface area (Å²) in [6.45, 7) is 0. The number of nitrogens with zero attached hydrogens (tertiary/aromatic N) is 2. The van der Waals surface area contributed by atoms with E-state index in [1.807, 2.05) is 12.1 Å². The van der Waals surface area contributed by atoms with E-state index in [4.69, 9.17) is 11.6 Å². The molecule has 4 aromatic rings. The summed E-state index contributed by atoms with van der Waals surface area (Å²) < 4.78 is 0.680. The Morgan fingerprint density at radius 3 is 2.78 bits per heavy atom. The Morgan fingerprint density at radius 2 is 2.04 bits per heavy atom. The van der Waals surface area contributed by atoms with Crippen molar-refractivity contribution in [1.82, 2.24) is 15.2 Å². The van der Waals surface area contributed by atoms with Gasteiger partial charge in [-0.2, -0.15) is 5.10 Å². The molecule has 0 fully saturated rings. The summed E-state index contributed by atoms with van der Waals surface area (Å²) in [5.41, 5.74) is 2.06. The number of halogens is 1. The summed E-state index contributed by atoms with van der Waals surface area (Å²) in [4.78, 5) is 29.0. The Bertz CT molecular complexity index is 1160. The smallest absolute Gasteiger partial charge is 0.275 e. The van der Waals surface area contributed by atoms with E-state index in [0.29, 0.717) is 21.4 Å². The lowest BCUT2D eigenvalue weighted by Gasteiger charge is -2.06. The molecule has 0 aliphatic heterocycles. The SMILES string of the molecule is O=C(Nc1cccc(-c2ccc(=O)[nH]n2)c1)c1csc(-c2ccc(Cl)s2)n1. The standard InChI is InChI=1S/C18H11ClN4O2S2/c19-15-6-5-14(27-15)18-21-13(9-26-18)17(25)20-11-3-1-2-10(8-11)12-4-7-16(24)23-22-12/h1-9H,(H,20,25)(H,23,24). The van der Waals surface area contributed by atoms with E-state index in [9.17, 15) is 9.59 Å². The van der Waals surface area contributed by atoms with Crippen molar-refractivity contribution in [3.63, 3.8) is 0 Å². The lowest BCUT2D eigenvalue weighted by molar-refractivity contribution is 0.102. The number of aromatic nitrogens is 3. The maximum atomic E-state index is 12.5. The van der Waals surface area contributed by atoms with Crippen molar-refractivity contribution in [1.29, 1.82) is 0 Å². The Balaban J connectivity index is 1.53. The van der Waals surface area contributed by atoms with Gasteiger partial charge in [0.05, 0.1) is 14.9 Å². The summed E-state index contributed by atoms with van der Waals surface area (Å²) in [5, 5.41) is 11.7. The molecule has 3 heterocycles. The fourth-order valence-corrected chi connectivity index (χ4v) is 4.29. The molecule has 0 aliphatic rings. The number of aromatic amines is 1. The molecule has 4 rings (SSSR count). The van der Waals surface area contributed by atoms with Crippen LogP contribution in [0.2, 0.25) is 4.34 Å². The Morgan fingerprint density at radius 1 is 1.15 bits per heavy atom. The van der Waals surface area contributed by atoms with Crippen LogP contribution in [0.4, 0.5) is 5.69 Å². The van der Waals surface area contributed by atoms with Crippen LogP contribution < -0.4 is 10.9 Å². The molecule has 0 bridgehead atoms. The van der Waals surface area contributed by atoms with Crippen LogP contribution in [-0.4, -0.2) is 21.1 Å². The van der Waals surface area contributed by atoms with Crippen molar-refractivity contribution in [2.24, 2.45) is 0 Å². The normalized spacial score (nSPS) is 10.7. The number of H-pyrrole nitrogens is 1. The molecule has 3 aromatic heterocycles. The van der Waals surface area contributed by atoms with E-state index in [1.165, 1.54) is 28.7 Å². The van der Waals surface area contributed by atoms with Crippen LogP contribution in [0.15, 0.2) is 58.7 Å². The number of hydrogen-bond donors (Lipinski definition) is 2. The number of anilines is 1. The number of hydrogen-bond acceptors (Lipinski definition) is 6. The molecule has 27 heavy (non-hydrogen) atoms. The van der Waals surface area contributed by atoms with Crippen LogP contribution in [-0.2, 0) is 0 Å². The highest BCUT2D eigenvalue weighted by Crippen LogP contribution is 2.33. The van der Waals surface area contributed by atoms with Gasteiger partial charge in [0, 0.05) is 22.7 Å². The third kappa shape index (κ3) is 3.97. The number of carbonyl (C=O) groups is 1. The minimum Gasteiger partial charge on any atom is -0.321 e. The summed E-state index contributed by atoms with van der Waals surface area (Å²) in [6.07, 6.45) is 0. The number of benzene rings is 1. The van der Waals surface area contributed by atoms with E-state index in [-0.39, 0.29) is 11.5 Å². The summed E-state index contributed by atoms with van der Waals surface area (Å²) in [5.74, 6) is -0.299. The zero-order chi connectivity index (χ0) is 18.8. The third-order valence-electron chi connectivity index (χ3n) is 3.62. The maximum absolute atomic E-state index is 12.5. The van der Waals surface area contributed by atoms with Gasteiger partial charge in [0.15, 0.2) is 0 Å². The van der Waals surface area contributed by atoms with Crippen LogP contribution >= 0.6 is 34.3 Å². The number of amides is 1. The second kappa shape index (κ2) is 7.43. The highest BCUT2D eigenvalue weighted by molar-refractivity contribution is 7.23. The van der Waals surface area contributed by atoms with Crippen LogP contribution in [0, 0.1) is 0 Å². The van der Waals surface area contributed by atoms with Gasteiger partial charge < -0.3 is 5.32 Å². The van der Waals surface area contributed by atoms with Crippen molar-refractivity contribution in [3.8, 4) is 21.1 Å². The molecule has 0 atom stereocenters. The number of thiazole rings is 1. The summed E-state index contributed by atoms with van der Waals surface area (Å²) in [6, 6.07) is 13.9. The van der Waals surface area contributed by atoms with Gasteiger partial charge in [0.1, 0.15) is 10.7 Å². The van der Waals surface area contributed by atoms with E-state index in [2.05, 4.69) is 20.5 Å². The van der Waals surface area contributed by atoms with Gasteiger partial charge in [-0.3, -0.25) is 9.59 Å². The molecule has 0 saturated heterocycles.